The summed E-state index contributed by atoms with van der Waals surface area (Å²) in [4.78, 5) is 33.8. The van der Waals surface area contributed by atoms with Crippen molar-refractivity contribution in [3.05, 3.63) is 48.0 Å². The third-order valence-electron chi connectivity index (χ3n) is 6.47. The predicted molar refractivity (Wildman–Crippen MR) is 117 cm³/mol. The van der Waals surface area contributed by atoms with Gasteiger partial charge in [-0.3, -0.25) is 9.59 Å². The second-order valence-electron chi connectivity index (χ2n) is 9.10. The molecule has 2 saturated heterocycles. The number of carbonyl (C=O) groups is 2. The van der Waals surface area contributed by atoms with Gasteiger partial charge in [0, 0.05) is 56.6 Å². The van der Waals surface area contributed by atoms with E-state index in [1.54, 1.807) is 4.90 Å². The van der Waals surface area contributed by atoms with Gasteiger partial charge in [-0.25, -0.2) is 4.98 Å². The summed E-state index contributed by atoms with van der Waals surface area (Å²) in [6.45, 7) is 9.40. The molecule has 0 saturated carbocycles. The van der Waals surface area contributed by atoms with Gasteiger partial charge in [0.1, 0.15) is 5.82 Å². The van der Waals surface area contributed by atoms with Crippen LogP contribution in [0.1, 0.15) is 50.4 Å². The number of piperidine rings is 1. The first-order chi connectivity index (χ1) is 14.4. The van der Waals surface area contributed by atoms with Crippen LogP contribution in [-0.2, 0) is 16.1 Å². The Morgan fingerprint density at radius 2 is 1.87 bits per heavy atom. The average Bonchev–Trinajstić information content (AvgIpc) is 3.35. The lowest BCUT2D eigenvalue weighted by Gasteiger charge is -2.34. The molecule has 1 aromatic carbocycles. The van der Waals surface area contributed by atoms with Crippen molar-refractivity contribution in [1.29, 1.82) is 0 Å². The minimum atomic E-state index is -0.225. The molecule has 0 aliphatic carbocycles. The van der Waals surface area contributed by atoms with Gasteiger partial charge in [0.15, 0.2) is 0 Å². The fourth-order valence-corrected chi connectivity index (χ4v) is 4.70. The van der Waals surface area contributed by atoms with Gasteiger partial charge in [0.2, 0.25) is 11.8 Å². The minimum Gasteiger partial charge on any atom is -0.342 e. The van der Waals surface area contributed by atoms with Gasteiger partial charge >= 0.3 is 0 Å². The number of aryl methyl sites for hydroxylation is 1. The standard InChI is InChI=1S/C24H32N4O2/c1-17(2)23-25-10-13-27(23)15-19-8-11-26(12-9-19)24(30)20-14-22(29)28(16-20)21-6-4-18(3)5-7-21/h4-7,10,13,17,19-20H,8-9,11-12,14-16H2,1-3H3. The molecule has 4 rings (SSSR count). The second kappa shape index (κ2) is 8.62. The molecule has 1 atom stereocenters. The van der Waals surface area contributed by atoms with Crippen LogP contribution in [0.15, 0.2) is 36.7 Å². The number of hydrogen-bond donors (Lipinski definition) is 0. The summed E-state index contributed by atoms with van der Waals surface area (Å²) in [6.07, 6.45) is 6.27. The Hall–Kier alpha value is -2.63. The van der Waals surface area contributed by atoms with Gasteiger partial charge in [-0.15, -0.1) is 0 Å². The van der Waals surface area contributed by atoms with Crippen LogP contribution in [0.2, 0.25) is 0 Å². The summed E-state index contributed by atoms with van der Waals surface area (Å²) in [7, 11) is 0. The minimum absolute atomic E-state index is 0.0495. The molecule has 2 amide bonds. The third-order valence-corrected chi connectivity index (χ3v) is 6.47. The largest absolute Gasteiger partial charge is 0.342 e. The van der Waals surface area contributed by atoms with E-state index in [0.29, 0.717) is 24.8 Å². The zero-order valence-corrected chi connectivity index (χ0v) is 18.3. The summed E-state index contributed by atoms with van der Waals surface area (Å²) in [5, 5.41) is 0. The lowest BCUT2D eigenvalue weighted by molar-refractivity contribution is -0.137. The van der Waals surface area contributed by atoms with E-state index in [4.69, 9.17) is 0 Å². The number of anilines is 1. The Balaban J connectivity index is 1.31. The monoisotopic (exact) mass is 408 g/mol. The maximum Gasteiger partial charge on any atom is 0.228 e. The van der Waals surface area contributed by atoms with E-state index in [0.717, 1.165) is 49.6 Å². The summed E-state index contributed by atoms with van der Waals surface area (Å²) in [5.74, 6) is 2.08. The van der Waals surface area contributed by atoms with E-state index in [2.05, 4.69) is 29.6 Å². The highest BCUT2D eigenvalue weighted by atomic mass is 16.2. The number of hydrogen-bond acceptors (Lipinski definition) is 3. The van der Waals surface area contributed by atoms with Crippen molar-refractivity contribution >= 4 is 17.5 Å². The Bertz CT molecular complexity index is 894. The van der Waals surface area contributed by atoms with Gasteiger partial charge in [0.25, 0.3) is 0 Å². The van der Waals surface area contributed by atoms with Crippen molar-refractivity contribution in [3.63, 3.8) is 0 Å². The van der Waals surface area contributed by atoms with Gasteiger partial charge in [-0.05, 0) is 37.8 Å². The highest BCUT2D eigenvalue weighted by Gasteiger charge is 2.38. The van der Waals surface area contributed by atoms with Crippen LogP contribution in [0, 0.1) is 18.8 Å². The van der Waals surface area contributed by atoms with Crippen LogP contribution in [0.3, 0.4) is 0 Å². The van der Waals surface area contributed by atoms with Crippen LogP contribution in [0.5, 0.6) is 0 Å². The molecule has 0 N–H and O–H groups in total. The third kappa shape index (κ3) is 4.27. The number of nitrogens with zero attached hydrogens (tertiary/aromatic N) is 4. The summed E-state index contributed by atoms with van der Waals surface area (Å²) in [6, 6.07) is 7.95. The van der Waals surface area contributed by atoms with Crippen LogP contribution in [0.25, 0.3) is 0 Å². The van der Waals surface area contributed by atoms with Crippen molar-refractivity contribution in [2.75, 3.05) is 24.5 Å². The van der Waals surface area contributed by atoms with Crippen molar-refractivity contribution in [2.45, 2.75) is 52.5 Å². The number of aromatic nitrogens is 2. The number of likely N-dealkylation sites (tertiary alicyclic amines) is 1. The highest BCUT2D eigenvalue weighted by molar-refractivity contribution is 6.00. The number of imidazole rings is 1. The Kier molecular flexibility index (Phi) is 5.93. The zero-order valence-electron chi connectivity index (χ0n) is 18.3. The first kappa shape index (κ1) is 20.6. The molecule has 0 radical (unpaired) electrons. The van der Waals surface area contributed by atoms with Gasteiger partial charge in [-0.1, -0.05) is 31.5 Å². The van der Waals surface area contributed by atoms with Gasteiger partial charge in [-0.2, -0.15) is 0 Å². The number of amides is 2. The summed E-state index contributed by atoms with van der Waals surface area (Å²) >= 11 is 0. The van der Waals surface area contributed by atoms with Crippen LogP contribution in [0.4, 0.5) is 5.69 Å². The molecule has 2 aliphatic heterocycles. The maximum atomic E-state index is 13.1. The number of carbonyl (C=O) groups excluding carboxylic acids is 2. The predicted octanol–water partition coefficient (Wildman–Crippen LogP) is 3.61. The van der Waals surface area contributed by atoms with Gasteiger partial charge in [0.05, 0.1) is 5.92 Å². The fraction of sp³-hybridized carbons (Fsp3) is 0.542. The van der Waals surface area contributed by atoms with E-state index < -0.39 is 0 Å². The van der Waals surface area contributed by atoms with Crippen LogP contribution in [-0.4, -0.2) is 45.9 Å². The Morgan fingerprint density at radius 1 is 1.17 bits per heavy atom. The first-order valence-electron chi connectivity index (χ1n) is 11.1. The molecule has 2 aliphatic rings. The second-order valence-corrected chi connectivity index (χ2v) is 9.10. The lowest BCUT2D eigenvalue weighted by Crippen LogP contribution is -2.43. The van der Waals surface area contributed by atoms with Crippen molar-refractivity contribution < 1.29 is 9.59 Å². The van der Waals surface area contributed by atoms with Crippen molar-refractivity contribution in [3.8, 4) is 0 Å². The van der Waals surface area contributed by atoms with E-state index in [-0.39, 0.29) is 17.7 Å². The average molecular weight is 409 g/mol. The van der Waals surface area contributed by atoms with Crippen LogP contribution >= 0.6 is 0 Å². The molecule has 2 aromatic rings. The molecule has 1 unspecified atom stereocenters. The molecular formula is C24H32N4O2. The highest BCUT2D eigenvalue weighted by Crippen LogP contribution is 2.28. The smallest absolute Gasteiger partial charge is 0.228 e. The van der Waals surface area contributed by atoms with Gasteiger partial charge < -0.3 is 14.4 Å². The topological polar surface area (TPSA) is 58.4 Å². The Morgan fingerprint density at radius 3 is 2.53 bits per heavy atom. The lowest BCUT2D eigenvalue weighted by atomic mass is 9.95. The van der Waals surface area contributed by atoms with E-state index in [1.807, 2.05) is 42.3 Å². The maximum absolute atomic E-state index is 13.1. The molecule has 2 fully saturated rings. The molecule has 0 bridgehead atoms. The Labute approximate surface area is 178 Å². The van der Waals surface area contributed by atoms with Crippen LogP contribution < -0.4 is 4.90 Å². The summed E-state index contributed by atoms with van der Waals surface area (Å²) < 4.78 is 2.27. The number of benzene rings is 1. The zero-order chi connectivity index (χ0) is 21.3. The molecule has 160 valence electrons. The van der Waals surface area contributed by atoms with Crippen molar-refractivity contribution in [1.82, 2.24) is 14.5 Å². The van der Waals surface area contributed by atoms with Crippen molar-refractivity contribution in [2.24, 2.45) is 11.8 Å². The van der Waals surface area contributed by atoms with E-state index in [1.165, 1.54) is 0 Å². The first-order valence-corrected chi connectivity index (χ1v) is 11.1. The van der Waals surface area contributed by atoms with E-state index in [9.17, 15) is 9.59 Å². The molecule has 3 heterocycles. The number of rotatable bonds is 5. The normalized spacial score (nSPS) is 20.4. The molecular weight excluding hydrogens is 376 g/mol. The molecule has 30 heavy (non-hydrogen) atoms. The summed E-state index contributed by atoms with van der Waals surface area (Å²) in [5.41, 5.74) is 2.05. The molecule has 0 spiro atoms. The fourth-order valence-electron chi connectivity index (χ4n) is 4.70. The quantitative estimate of drug-likeness (QED) is 0.759. The van der Waals surface area contributed by atoms with E-state index >= 15 is 0 Å². The molecule has 6 heteroatoms. The molecule has 6 nitrogen and oxygen atoms in total. The SMILES string of the molecule is Cc1ccc(N2CC(C(=O)N3CCC(Cn4ccnc4C(C)C)CC3)CC2=O)cc1. The molecule has 1 aromatic heterocycles.